The first-order valence-electron chi connectivity index (χ1n) is 7.31. The van der Waals surface area contributed by atoms with Gasteiger partial charge in [-0.2, -0.15) is 5.10 Å². The first kappa shape index (κ1) is 14.3. The molecule has 0 N–H and O–H groups in total. The molecule has 3 aromatic rings. The van der Waals surface area contributed by atoms with Gasteiger partial charge in [-0.05, 0) is 16.3 Å². The van der Waals surface area contributed by atoms with Crippen molar-refractivity contribution >= 4 is 16.7 Å². The number of carbonyl (C=O) groups excluding carboxylic acids is 1. The van der Waals surface area contributed by atoms with E-state index < -0.39 is 0 Å². The molecule has 0 aliphatic heterocycles. The Morgan fingerprint density at radius 2 is 1.91 bits per heavy atom. The minimum atomic E-state index is 0.110. The standard InChI is InChI=1S/C18H19N3O/c1-20(12-15-11-19-21(2)13-15)18(22)10-14-7-8-16-5-3-4-6-17(16)9-14/h3-9,11,13H,10,12H2,1-2H3. The quantitative estimate of drug-likeness (QED) is 0.742. The normalized spacial score (nSPS) is 10.8. The van der Waals surface area contributed by atoms with Crippen LogP contribution in [0.2, 0.25) is 0 Å². The van der Waals surface area contributed by atoms with Crippen LogP contribution in [0.3, 0.4) is 0 Å². The number of aryl methyl sites for hydroxylation is 1. The SMILES string of the molecule is CN(Cc1cnn(C)c1)C(=O)Cc1ccc2ccccc2c1. The second-order valence-corrected chi connectivity index (χ2v) is 5.63. The van der Waals surface area contributed by atoms with Gasteiger partial charge < -0.3 is 4.90 Å². The van der Waals surface area contributed by atoms with Gasteiger partial charge in [-0.15, -0.1) is 0 Å². The fourth-order valence-electron chi connectivity index (χ4n) is 2.57. The van der Waals surface area contributed by atoms with Crippen molar-refractivity contribution in [3.05, 3.63) is 66.0 Å². The summed E-state index contributed by atoms with van der Waals surface area (Å²) in [5.74, 6) is 0.110. The molecule has 3 rings (SSSR count). The zero-order valence-electron chi connectivity index (χ0n) is 12.9. The highest BCUT2D eigenvalue weighted by molar-refractivity contribution is 5.85. The molecule has 0 aliphatic rings. The molecule has 2 aromatic carbocycles. The van der Waals surface area contributed by atoms with E-state index in [9.17, 15) is 4.79 Å². The van der Waals surface area contributed by atoms with Crippen LogP contribution in [0.5, 0.6) is 0 Å². The summed E-state index contributed by atoms with van der Waals surface area (Å²) in [4.78, 5) is 14.1. The lowest BCUT2D eigenvalue weighted by Crippen LogP contribution is -2.27. The Hall–Kier alpha value is -2.62. The fraction of sp³-hybridized carbons (Fsp3) is 0.222. The van der Waals surface area contributed by atoms with Crippen molar-refractivity contribution < 1.29 is 4.79 Å². The van der Waals surface area contributed by atoms with Gasteiger partial charge in [0.15, 0.2) is 0 Å². The summed E-state index contributed by atoms with van der Waals surface area (Å²) >= 11 is 0. The predicted molar refractivity (Wildman–Crippen MR) is 87.3 cm³/mol. The van der Waals surface area contributed by atoms with Crippen molar-refractivity contribution in [1.29, 1.82) is 0 Å². The van der Waals surface area contributed by atoms with Gasteiger partial charge >= 0.3 is 0 Å². The summed E-state index contributed by atoms with van der Waals surface area (Å²) in [6, 6.07) is 14.4. The molecule has 0 fully saturated rings. The van der Waals surface area contributed by atoms with E-state index in [0.29, 0.717) is 13.0 Å². The van der Waals surface area contributed by atoms with E-state index >= 15 is 0 Å². The molecule has 0 radical (unpaired) electrons. The van der Waals surface area contributed by atoms with E-state index in [0.717, 1.165) is 11.1 Å². The second kappa shape index (κ2) is 6.02. The Balaban J connectivity index is 1.69. The van der Waals surface area contributed by atoms with Crippen molar-refractivity contribution in [1.82, 2.24) is 14.7 Å². The molecule has 1 amide bonds. The van der Waals surface area contributed by atoms with Crippen LogP contribution >= 0.6 is 0 Å². The average Bonchev–Trinajstić information content (AvgIpc) is 2.92. The zero-order valence-corrected chi connectivity index (χ0v) is 12.9. The van der Waals surface area contributed by atoms with Gasteiger partial charge in [0, 0.05) is 32.4 Å². The van der Waals surface area contributed by atoms with Crippen LogP contribution < -0.4 is 0 Å². The molecule has 22 heavy (non-hydrogen) atoms. The highest BCUT2D eigenvalue weighted by Gasteiger charge is 2.11. The minimum Gasteiger partial charge on any atom is -0.341 e. The Bertz CT molecular complexity index is 807. The Morgan fingerprint density at radius 1 is 1.14 bits per heavy atom. The van der Waals surface area contributed by atoms with Crippen LogP contribution in [0.25, 0.3) is 10.8 Å². The highest BCUT2D eigenvalue weighted by atomic mass is 16.2. The van der Waals surface area contributed by atoms with Gasteiger partial charge in [0.1, 0.15) is 0 Å². The molecule has 112 valence electrons. The van der Waals surface area contributed by atoms with Crippen LogP contribution in [-0.2, 0) is 24.8 Å². The third-order valence-electron chi connectivity index (χ3n) is 3.77. The average molecular weight is 293 g/mol. The van der Waals surface area contributed by atoms with E-state index in [2.05, 4.69) is 29.4 Å². The lowest BCUT2D eigenvalue weighted by molar-refractivity contribution is -0.129. The number of aromatic nitrogens is 2. The maximum absolute atomic E-state index is 12.4. The van der Waals surface area contributed by atoms with Crippen molar-refractivity contribution in [3.8, 4) is 0 Å². The first-order valence-corrected chi connectivity index (χ1v) is 7.31. The molecule has 0 aliphatic carbocycles. The largest absolute Gasteiger partial charge is 0.341 e. The molecule has 1 heterocycles. The summed E-state index contributed by atoms with van der Waals surface area (Å²) in [7, 11) is 3.71. The van der Waals surface area contributed by atoms with E-state index in [1.54, 1.807) is 15.8 Å². The van der Waals surface area contributed by atoms with Crippen LogP contribution in [-0.4, -0.2) is 27.6 Å². The number of hydrogen-bond acceptors (Lipinski definition) is 2. The molecule has 4 nitrogen and oxygen atoms in total. The maximum atomic E-state index is 12.4. The third-order valence-corrected chi connectivity index (χ3v) is 3.77. The number of hydrogen-bond donors (Lipinski definition) is 0. The Kier molecular flexibility index (Phi) is 3.92. The summed E-state index contributed by atoms with van der Waals surface area (Å²) in [5, 5.41) is 6.49. The molecule has 0 atom stereocenters. The minimum absolute atomic E-state index is 0.110. The molecule has 0 unspecified atom stereocenters. The van der Waals surface area contributed by atoms with Gasteiger partial charge in [0.25, 0.3) is 0 Å². The van der Waals surface area contributed by atoms with Gasteiger partial charge in [-0.3, -0.25) is 9.48 Å². The van der Waals surface area contributed by atoms with E-state index in [1.165, 1.54) is 10.8 Å². The van der Waals surface area contributed by atoms with Crippen molar-refractivity contribution in [3.63, 3.8) is 0 Å². The lowest BCUT2D eigenvalue weighted by Gasteiger charge is -2.16. The fourth-order valence-corrected chi connectivity index (χ4v) is 2.57. The van der Waals surface area contributed by atoms with E-state index in [-0.39, 0.29) is 5.91 Å². The van der Waals surface area contributed by atoms with Gasteiger partial charge in [0.05, 0.1) is 12.6 Å². The zero-order chi connectivity index (χ0) is 15.5. The summed E-state index contributed by atoms with van der Waals surface area (Å²) < 4.78 is 1.75. The number of fused-ring (bicyclic) bond motifs is 1. The second-order valence-electron chi connectivity index (χ2n) is 5.63. The summed E-state index contributed by atoms with van der Waals surface area (Å²) in [6.07, 6.45) is 4.14. The summed E-state index contributed by atoms with van der Waals surface area (Å²) in [5.41, 5.74) is 2.08. The van der Waals surface area contributed by atoms with E-state index in [1.807, 2.05) is 38.5 Å². The third kappa shape index (κ3) is 3.17. The molecule has 0 saturated carbocycles. The lowest BCUT2D eigenvalue weighted by atomic mass is 10.0. The molecular formula is C18H19N3O. The van der Waals surface area contributed by atoms with Gasteiger partial charge in [-0.25, -0.2) is 0 Å². The molecule has 0 saturated heterocycles. The van der Waals surface area contributed by atoms with Crippen molar-refractivity contribution in [2.24, 2.45) is 7.05 Å². The number of rotatable bonds is 4. The van der Waals surface area contributed by atoms with E-state index in [4.69, 9.17) is 0 Å². The van der Waals surface area contributed by atoms with Crippen LogP contribution in [0, 0.1) is 0 Å². The molecule has 1 aromatic heterocycles. The first-order chi connectivity index (χ1) is 10.6. The molecule has 0 bridgehead atoms. The van der Waals surface area contributed by atoms with Gasteiger partial charge in [0.2, 0.25) is 5.91 Å². The maximum Gasteiger partial charge on any atom is 0.227 e. The van der Waals surface area contributed by atoms with Gasteiger partial charge in [-0.1, -0.05) is 42.5 Å². The molecule has 4 heteroatoms. The number of likely N-dealkylation sites (N-methyl/N-ethyl adjacent to an activating group) is 1. The Labute approximate surface area is 130 Å². The number of carbonyl (C=O) groups is 1. The molecule has 0 spiro atoms. The van der Waals surface area contributed by atoms with Crippen molar-refractivity contribution in [2.75, 3.05) is 7.05 Å². The summed E-state index contributed by atoms with van der Waals surface area (Å²) in [6.45, 7) is 0.584. The smallest absolute Gasteiger partial charge is 0.227 e. The monoisotopic (exact) mass is 293 g/mol. The van der Waals surface area contributed by atoms with Crippen LogP contribution in [0.15, 0.2) is 54.9 Å². The van der Waals surface area contributed by atoms with Crippen LogP contribution in [0.1, 0.15) is 11.1 Å². The predicted octanol–water partition coefficient (Wildman–Crippen LogP) is 2.77. The number of amides is 1. The van der Waals surface area contributed by atoms with Crippen LogP contribution in [0.4, 0.5) is 0 Å². The number of benzene rings is 2. The molecular weight excluding hydrogens is 274 g/mol. The number of nitrogens with zero attached hydrogens (tertiary/aromatic N) is 3. The van der Waals surface area contributed by atoms with Crippen molar-refractivity contribution in [2.45, 2.75) is 13.0 Å². The highest BCUT2D eigenvalue weighted by Crippen LogP contribution is 2.16. The topological polar surface area (TPSA) is 38.1 Å². The Morgan fingerprint density at radius 3 is 2.64 bits per heavy atom.